The molecule has 1 heteroatoms. The quantitative estimate of drug-likeness (QED) is 0.752. The third-order valence-electron chi connectivity index (χ3n) is 5.08. The lowest BCUT2D eigenvalue weighted by atomic mass is 9.91. The Kier molecular flexibility index (Phi) is 5.65. The Morgan fingerprint density at radius 3 is 2.40 bits per heavy atom. The average molecular weight is 273 g/mol. The maximum absolute atomic E-state index is 3.98. The van der Waals surface area contributed by atoms with E-state index >= 15 is 0 Å². The van der Waals surface area contributed by atoms with E-state index in [0.29, 0.717) is 12.1 Å². The van der Waals surface area contributed by atoms with E-state index in [9.17, 15) is 0 Å². The van der Waals surface area contributed by atoms with E-state index in [-0.39, 0.29) is 0 Å². The highest BCUT2D eigenvalue weighted by Crippen LogP contribution is 2.36. The third-order valence-corrected chi connectivity index (χ3v) is 5.08. The van der Waals surface area contributed by atoms with Crippen LogP contribution in [-0.4, -0.2) is 6.04 Å². The zero-order chi connectivity index (χ0) is 14.5. The molecule has 0 spiro atoms. The largest absolute Gasteiger partial charge is 0.307 e. The van der Waals surface area contributed by atoms with Crippen LogP contribution >= 0.6 is 0 Å². The summed E-state index contributed by atoms with van der Waals surface area (Å²) < 4.78 is 0. The van der Waals surface area contributed by atoms with Gasteiger partial charge in [0.15, 0.2) is 0 Å². The fraction of sp³-hybridized carbons (Fsp3) is 0.684. The molecule has 1 aromatic carbocycles. The second kappa shape index (κ2) is 7.26. The van der Waals surface area contributed by atoms with Gasteiger partial charge in [0, 0.05) is 12.1 Å². The van der Waals surface area contributed by atoms with Crippen LogP contribution in [0.1, 0.15) is 65.0 Å². The first-order valence-electron chi connectivity index (χ1n) is 8.42. The van der Waals surface area contributed by atoms with Gasteiger partial charge in [0.05, 0.1) is 0 Å². The summed E-state index contributed by atoms with van der Waals surface area (Å²) in [5.74, 6) is 2.47. The number of hydrogen-bond acceptors (Lipinski definition) is 1. The van der Waals surface area contributed by atoms with Gasteiger partial charge in [-0.15, -0.1) is 0 Å². The molecule has 4 atom stereocenters. The highest BCUT2D eigenvalue weighted by Gasteiger charge is 2.32. The first kappa shape index (κ1) is 15.6. The molecule has 0 heterocycles. The molecule has 1 aromatic rings. The van der Waals surface area contributed by atoms with Gasteiger partial charge in [-0.05, 0) is 42.6 Å². The van der Waals surface area contributed by atoms with Gasteiger partial charge >= 0.3 is 0 Å². The van der Waals surface area contributed by atoms with Gasteiger partial charge in [0.25, 0.3) is 0 Å². The van der Waals surface area contributed by atoms with Crippen molar-refractivity contribution in [2.75, 3.05) is 0 Å². The van der Waals surface area contributed by atoms with E-state index in [0.717, 1.165) is 17.8 Å². The first-order valence-corrected chi connectivity index (χ1v) is 8.42. The Hall–Kier alpha value is -0.820. The van der Waals surface area contributed by atoms with Crippen molar-refractivity contribution < 1.29 is 0 Å². The molecule has 0 saturated heterocycles. The normalized spacial score (nSPS) is 27.9. The predicted molar refractivity (Wildman–Crippen MR) is 87.7 cm³/mol. The Morgan fingerprint density at radius 1 is 1.15 bits per heavy atom. The van der Waals surface area contributed by atoms with Gasteiger partial charge in [-0.3, -0.25) is 0 Å². The van der Waals surface area contributed by atoms with Crippen molar-refractivity contribution in [2.45, 2.75) is 65.5 Å². The summed E-state index contributed by atoms with van der Waals surface area (Å²) in [4.78, 5) is 0. The monoisotopic (exact) mass is 273 g/mol. The van der Waals surface area contributed by atoms with Crippen LogP contribution in [0.4, 0.5) is 0 Å². The molecule has 0 aromatic heterocycles. The number of nitrogens with one attached hydrogen (secondary N) is 1. The fourth-order valence-corrected chi connectivity index (χ4v) is 3.77. The van der Waals surface area contributed by atoms with Gasteiger partial charge in [-0.2, -0.15) is 0 Å². The molecule has 0 bridgehead atoms. The molecule has 20 heavy (non-hydrogen) atoms. The molecule has 4 unspecified atom stereocenters. The highest BCUT2D eigenvalue weighted by molar-refractivity contribution is 5.19. The fourth-order valence-electron chi connectivity index (χ4n) is 3.77. The summed E-state index contributed by atoms with van der Waals surface area (Å²) >= 11 is 0. The molecule has 1 N–H and O–H groups in total. The smallest absolute Gasteiger partial charge is 0.0325 e. The molecular weight excluding hydrogens is 242 g/mol. The van der Waals surface area contributed by atoms with Crippen molar-refractivity contribution in [1.29, 1.82) is 0 Å². The van der Waals surface area contributed by atoms with Crippen molar-refractivity contribution >= 4 is 0 Å². The lowest BCUT2D eigenvalue weighted by molar-refractivity contribution is 0.303. The molecule has 1 saturated carbocycles. The minimum Gasteiger partial charge on any atom is -0.307 e. The van der Waals surface area contributed by atoms with Crippen LogP contribution in [0.2, 0.25) is 0 Å². The second-order valence-electron chi connectivity index (χ2n) is 6.97. The minimum atomic E-state index is 0.513. The van der Waals surface area contributed by atoms with Crippen LogP contribution < -0.4 is 5.32 Å². The number of rotatable bonds is 6. The SMILES string of the molecule is CCC1CCC(NC(CC(C)C)c2ccccc2)C1C. The van der Waals surface area contributed by atoms with Crippen molar-refractivity contribution in [1.82, 2.24) is 5.32 Å². The number of benzene rings is 1. The zero-order valence-corrected chi connectivity index (χ0v) is 13.6. The molecule has 1 nitrogen and oxygen atoms in total. The van der Waals surface area contributed by atoms with Crippen molar-refractivity contribution in [3.05, 3.63) is 35.9 Å². The van der Waals surface area contributed by atoms with Crippen LogP contribution in [0.5, 0.6) is 0 Å². The lowest BCUT2D eigenvalue weighted by Gasteiger charge is -2.28. The summed E-state index contributed by atoms with van der Waals surface area (Å²) in [5.41, 5.74) is 1.45. The van der Waals surface area contributed by atoms with E-state index in [2.05, 4.69) is 63.3 Å². The number of hydrogen-bond donors (Lipinski definition) is 1. The van der Waals surface area contributed by atoms with Crippen LogP contribution in [0.15, 0.2) is 30.3 Å². The van der Waals surface area contributed by atoms with Crippen LogP contribution in [-0.2, 0) is 0 Å². The van der Waals surface area contributed by atoms with Gasteiger partial charge in [-0.25, -0.2) is 0 Å². The van der Waals surface area contributed by atoms with Crippen molar-refractivity contribution in [3.63, 3.8) is 0 Å². The topological polar surface area (TPSA) is 12.0 Å². The molecule has 1 fully saturated rings. The van der Waals surface area contributed by atoms with E-state index in [1.165, 1.54) is 31.2 Å². The molecule has 2 rings (SSSR count). The van der Waals surface area contributed by atoms with Crippen molar-refractivity contribution in [3.8, 4) is 0 Å². The van der Waals surface area contributed by atoms with Gasteiger partial charge in [0.1, 0.15) is 0 Å². The predicted octanol–water partition coefficient (Wildman–Crippen LogP) is 5.19. The Bertz CT molecular complexity index is 384. The summed E-state index contributed by atoms with van der Waals surface area (Å²) in [6.45, 7) is 9.43. The van der Waals surface area contributed by atoms with Crippen molar-refractivity contribution in [2.24, 2.45) is 17.8 Å². The van der Waals surface area contributed by atoms with E-state index in [1.807, 2.05) is 0 Å². The molecule has 0 aliphatic heterocycles. The Morgan fingerprint density at radius 2 is 1.85 bits per heavy atom. The summed E-state index contributed by atoms with van der Waals surface area (Å²) in [6.07, 6.45) is 5.31. The molecule has 0 radical (unpaired) electrons. The van der Waals surface area contributed by atoms with E-state index in [4.69, 9.17) is 0 Å². The van der Waals surface area contributed by atoms with Gasteiger partial charge < -0.3 is 5.32 Å². The standard InChI is InChI=1S/C19H31N/c1-5-16-11-12-18(15(16)4)20-19(13-14(2)3)17-9-7-6-8-10-17/h6-10,14-16,18-20H,5,11-13H2,1-4H3. The van der Waals surface area contributed by atoms with Crippen LogP contribution in [0.25, 0.3) is 0 Å². The molecule has 112 valence electrons. The first-order chi connectivity index (χ1) is 9.61. The molecule has 1 aliphatic carbocycles. The molecular formula is C19H31N. The molecule has 1 aliphatic rings. The average Bonchev–Trinajstić information content (AvgIpc) is 2.79. The van der Waals surface area contributed by atoms with E-state index < -0.39 is 0 Å². The minimum absolute atomic E-state index is 0.513. The Balaban J connectivity index is 2.05. The lowest BCUT2D eigenvalue weighted by Crippen LogP contribution is -2.36. The van der Waals surface area contributed by atoms with Crippen LogP contribution in [0, 0.1) is 17.8 Å². The summed E-state index contributed by atoms with van der Waals surface area (Å²) in [5, 5.41) is 3.98. The maximum atomic E-state index is 3.98. The van der Waals surface area contributed by atoms with Gasteiger partial charge in [-0.1, -0.05) is 64.4 Å². The van der Waals surface area contributed by atoms with Gasteiger partial charge in [0.2, 0.25) is 0 Å². The maximum Gasteiger partial charge on any atom is 0.0325 e. The third kappa shape index (κ3) is 3.85. The highest BCUT2D eigenvalue weighted by atomic mass is 15.0. The Labute approximate surface area is 125 Å². The van der Waals surface area contributed by atoms with E-state index in [1.54, 1.807) is 0 Å². The summed E-state index contributed by atoms with van der Waals surface area (Å²) in [6, 6.07) is 12.2. The second-order valence-corrected chi connectivity index (χ2v) is 6.97. The van der Waals surface area contributed by atoms with Crippen LogP contribution in [0.3, 0.4) is 0 Å². The zero-order valence-electron chi connectivity index (χ0n) is 13.6. The molecule has 0 amide bonds. The summed E-state index contributed by atoms with van der Waals surface area (Å²) in [7, 11) is 0.